The average Bonchev–Trinajstić information content (AvgIpc) is 2.55. The van der Waals surface area contributed by atoms with Crippen molar-refractivity contribution in [2.24, 2.45) is 5.73 Å². The van der Waals surface area contributed by atoms with E-state index in [0.29, 0.717) is 6.54 Å². The molecular formula is C15H22N2O. The van der Waals surface area contributed by atoms with Gasteiger partial charge in [0.2, 0.25) is 0 Å². The van der Waals surface area contributed by atoms with Crippen LogP contribution in [0.3, 0.4) is 0 Å². The normalized spacial score (nSPS) is 22.3. The zero-order valence-electron chi connectivity index (χ0n) is 11.7. The quantitative estimate of drug-likeness (QED) is 0.826. The molecule has 18 heavy (non-hydrogen) atoms. The molecule has 98 valence electrons. The van der Waals surface area contributed by atoms with Gasteiger partial charge < -0.3 is 10.6 Å². The highest BCUT2D eigenvalue weighted by Gasteiger charge is 2.39. The summed E-state index contributed by atoms with van der Waals surface area (Å²) in [6.07, 6.45) is 0.865. The lowest BCUT2D eigenvalue weighted by Gasteiger charge is -2.31. The van der Waals surface area contributed by atoms with Gasteiger partial charge in [-0.15, -0.1) is 0 Å². The van der Waals surface area contributed by atoms with E-state index in [1.807, 2.05) is 30.0 Å². The van der Waals surface area contributed by atoms with Crippen LogP contribution in [0.1, 0.15) is 41.8 Å². The molecule has 2 N–H and O–H groups in total. The molecular weight excluding hydrogens is 224 g/mol. The minimum absolute atomic E-state index is 0.0931. The van der Waals surface area contributed by atoms with E-state index in [1.165, 1.54) is 5.56 Å². The van der Waals surface area contributed by atoms with Gasteiger partial charge in [0.15, 0.2) is 0 Å². The lowest BCUT2D eigenvalue weighted by atomic mass is 9.99. The second-order valence-electron chi connectivity index (χ2n) is 5.99. The molecule has 1 aliphatic heterocycles. The van der Waals surface area contributed by atoms with Crippen LogP contribution >= 0.6 is 0 Å². The number of hydrogen-bond donors (Lipinski definition) is 1. The first-order valence-electron chi connectivity index (χ1n) is 6.46. The van der Waals surface area contributed by atoms with E-state index in [4.69, 9.17) is 5.73 Å². The van der Waals surface area contributed by atoms with Gasteiger partial charge >= 0.3 is 0 Å². The Morgan fingerprint density at radius 3 is 2.50 bits per heavy atom. The molecule has 0 spiro atoms. The molecule has 1 saturated heterocycles. The van der Waals surface area contributed by atoms with Gasteiger partial charge in [-0.3, -0.25) is 4.79 Å². The Hall–Kier alpha value is -1.35. The summed E-state index contributed by atoms with van der Waals surface area (Å²) in [5.41, 5.74) is 8.96. The number of nitrogens with zero attached hydrogens (tertiary/aromatic N) is 1. The van der Waals surface area contributed by atoms with Crippen molar-refractivity contribution in [3.63, 3.8) is 0 Å². The van der Waals surface area contributed by atoms with Gasteiger partial charge in [0, 0.05) is 23.7 Å². The van der Waals surface area contributed by atoms with Gasteiger partial charge in [-0.05, 0) is 57.4 Å². The topological polar surface area (TPSA) is 46.3 Å². The molecule has 0 aliphatic carbocycles. The molecule has 1 aromatic carbocycles. The summed E-state index contributed by atoms with van der Waals surface area (Å²) in [6.45, 7) is 8.91. The third-order valence-corrected chi connectivity index (χ3v) is 3.91. The van der Waals surface area contributed by atoms with E-state index in [-0.39, 0.29) is 17.5 Å². The van der Waals surface area contributed by atoms with Crippen LogP contribution in [0.25, 0.3) is 0 Å². The smallest absolute Gasteiger partial charge is 0.254 e. The number of amides is 1. The summed E-state index contributed by atoms with van der Waals surface area (Å²) in [4.78, 5) is 14.4. The summed E-state index contributed by atoms with van der Waals surface area (Å²) in [7, 11) is 0. The summed E-state index contributed by atoms with van der Waals surface area (Å²) in [5.74, 6) is 0.0936. The SMILES string of the molecule is Cc1ccc(C(=O)N2CC(N)CC2(C)C)cc1C. The molecule has 1 atom stereocenters. The number of carbonyl (C=O) groups excluding carboxylic acids is 1. The van der Waals surface area contributed by atoms with Gasteiger partial charge in [-0.1, -0.05) is 6.07 Å². The molecule has 0 aromatic heterocycles. The highest BCUT2D eigenvalue weighted by molar-refractivity contribution is 5.95. The Labute approximate surface area is 109 Å². The maximum absolute atomic E-state index is 12.5. The van der Waals surface area contributed by atoms with Crippen LogP contribution in [-0.4, -0.2) is 28.9 Å². The van der Waals surface area contributed by atoms with Crippen LogP contribution in [0.15, 0.2) is 18.2 Å². The second kappa shape index (κ2) is 4.39. The van der Waals surface area contributed by atoms with Crippen LogP contribution < -0.4 is 5.73 Å². The highest BCUT2D eigenvalue weighted by Crippen LogP contribution is 2.29. The van der Waals surface area contributed by atoms with E-state index in [9.17, 15) is 4.79 Å². The summed E-state index contributed by atoms with van der Waals surface area (Å²) in [6, 6.07) is 5.98. The predicted octanol–water partition coefficient (Wildman–Crippen LogP) is 2.26. The van der Waals surface area contributed by atoms with E-state index in [2.05, 4.69) is 20.8 Å². The van der Waals surface area contributed by atoms with Gasteiger partial charge in [-0.2, -0.15) is 0 Å². The van der Waals surface area contributed by atoms with Crippen molar-refractivity contribution in [1.29, 1.82) is 0 Å². The first-order valence-corrected chi connectivity index (χ1v) is 6.46. The first-order chi connectivity index (χ1) is 8.31. The van der Waals surface area contributed by atoms with Crippen LogP contribution in [0.5, 0.6) is 0 Å². The van der Waals surface area contributed by atoms with Crippen molar-refractivity contribution in [1.82, 2.24) is 4.90 Å². The number of hydrogen-bond acceptors (Lipinski definition) is 2. The van der Waals surface area contributed by atoms with E-state index in [0.717, 1.165) is 17.5 Å². The summed E-state index contributed by atoms with van der Waals surface area (Å²) < 4.78 is 0. The Balaban J connectivity index is 2.29. The fraction of sp³-hybridized carbons (Fsp3) is 0.533. The fourth-order valence-electron chi connectivity index (χ4n) is 2.69. The minimum Gasteiger partial charge on any atom is -0.332 e. The monoisotopic (exact) mass is 246 g/mol. The number of nitrogens with two attached hydrogens (primary N) is 1. The Bertz CT molecular complexity index is 479. The molecule has 1 heterocycles. The fourth-order valence-corrected chi connectivity index (χ4v) is 2.69. The summed E-state index contributed by atoms with van der Waals surface area (Å²) in [5, 5.41) is 0. The number of likely N-dealkylation sites (tertiary alicyclic amines) is 1. The molecule has 0 saturated carbocycles. The molecule has 0 bridgehead atoms. The predicted molar refractivity (Wildman–Crippen MR) is 73.6 cm³/mol. The van der Waals surface area contributed by atoms with Crippen LogP contribution in [0.4, 0.5) is 0 Å². The Morgan fingerprint density at radius 1 is 1.33 bits per heavy atom. The maximum atomic E-state index is 12.5. The molecule has 3 nitrogen and oxygen atoms in total. The number of benzene rings is 1. The Kier molecular flexibility index (Phi) is 3.20. The largest absolute Gasteiger partial charge is 0.332 e. The molecule has 1 amide bonds. The maximum Gasteiger partial charge on any atom is 0.254 e. The van der Waals surface area contributed by atoms with Crippen molar-refractivity contribution in [3.8, 4) is 0 Å². The van der Waals surface area contributed by atoms with Gasteiger partial charge in [-0.25, -0.2) is 0 Å². The highest BCUT2D eigenvalue weighted by atomic mass is 16.2. The van der Waals surface area contributed by atoms with Gasteiger partial charge in [0.05, 0.1) is 0 Å². The van der Waals surface area contributed by atoms with E-state index in [1.54, 1.807) is 0 Å². The number of carbonyl (C=O) groups is 1. The Morgan fingerprint density at radius 2 is 2.00 bits per heavy atom. The molecule has 0 radical (unpaired) electrons. The van der Waals surface area contributed by atoms with E-state index >= 15 is 0 Å². The minimum atomic E-state index is -0.144. The van der Waals surface area contributed by atoms with Gasteiger partial charge in [0.25, 0.3) is 5.91 Å². The van der Waals surface area contributed by atoms with Gasteiger partial charge in [0.1, 0.15) is 0 Å². The molecule has 1 aliphatic rings. The number of rotatable bonds is 1. The lowest BCUT2D eigenvalue weighted by molar-refractivity contribution is 0.0651. The molecule has 2 rings (SSSR count). The standard InChI is InChI=1S/C15H22N2O/c1-10-5-6-12(7-11(10)2)14(18)17-9-13(16)8-15(17,3)4/h5-7,13H,8-9,16H2,1-4H3. The second-order valence-corrected chi connectivity index (χ2v) is 5.99. The van der Waals surface area contributed by atoms with E-state index < -0.39 is 0 Å². The van der Waals surface area contributed by atoms with Crippen molar-refractivity contribution < 1.29 is 4.79 Å². The summed E-state index contributed by atoms with van der Waals surface area (Å²) >= 11 is 0. The zero-order chi connectivity index (χ0) is 13.5. The third-order valence-electron chi connectivity index (χ3n) is 3.91. The van der Waals surface area contributed by atoms with Crippen LogP contribution in [0.2, 0.25) is 0 Å². The van der Waals surface area contributed by atoms with Crippen molar-refractivity contribution in [2.75, 3.05) is 6.54 Å². The van der Waals surface area contributed by atoms with Crippen LogP contribution in [0, 0.1) is 13.8 Å². The molecule has 1 fully saturated rings. The van der Waals surface area contributed by atoms with Crippen molar-refractivity contribution in [2.45, 2.75) is 45.7 Å². The third kappa shape index (κ3) is 2.27. The molecule has 3 heteroatoms. The number of aryl methyl sites for hydroxylation is 2. The molecule has 1 aromatic rings. The first kappa shape index (κ1) is 13.1. The van der Waals surface area contributed by atoms with Crippen LogP contribution in [-0.2, 0) is 0 Å². The molecule has 1 unspecified atom stereocenters. The zero-order valence-corrected chi connectivity index (χ0v) is 11.7. The average molecular weight is 246 g/mol. The lowest BCUT2D eigenvalue weighted by Crippen LogP contribution is -2.42. The van der Waals surface area contributed by atoms with Crippen molar-refractivity contribution in [3.05, 3.63) is 34.9 Å². The van der Waals surface area contributed by atoms with Crippen molar-refractivity contribution >= 4 is 5.91 Å².